The molecule has 8 heteroatoms. The molecule has 2 aromatic heterocycles. The van der Waals surface area contributed by atoms with Crippen molar-refractivity contribution in [1.82, 2.24) is 15.2 Å². The van der Waals surface area contributed by atoms with Crippen LogP contribution in [-0.4, -0.2) is 21.2 Å². The monoisotopic (exact) mass is 393 g/mol. The van der Waals surface area contributed by atoms with E-state index in [1.165, 1.54) is 11.3 Å². The van der Waals surface area contributed by atoms with Crippen LogP contribution in [-0.2, 0) is 11.3 Å². The second kappa shape index (κ2) is 6.59. The number of aryl methyl sites for hydroxylation is 2. The van der Waals surface area contributed by atoms with Crippen LogP contribution in [0, 0.1) is 13.8 Å². The molecule has 3 rings (SSSR count). The highest BCUT2D eigenvalue weighted by Crippen LogP contribution is 2.22. The van der Waals surface area contributed by atoms with Crippen molar-refractivity contribution in [2.24, 2.45) is 0 Å². The summed E-state index contributed by atoms with van der Waals surface area (Å²) in [6, 6.07) is 7.48. The van der Waals surface area contributed by atoms with E-state index in [2.05, 4.69) is 31.1 Å². The summed E-state index contributed by atoms with van der Waals surface area (Å²) < 4.78 is 11.7. The van der Waals surface area contributed by atoms with Gasteiger partial charge in [-0.15, -0.1) is 21.5 Å². The third-order valence-corrected chi connectivity index (χ3v) is 4.56. The molecular formula is C15H12BrN3O3S. The van der Waals surface area contributed by atoms with Crippen molar-refractivity contribution >= 4 is 33.2 Å². The van der Waals surface area contributed by atoms with E-state index in [1.54, 1.807) is 6.92 Å². The molecule has 0 atom stereocenters. The molecule has 1 aromatic carbocycles. The summed E-state index contributed by atoms with van der Waals surface area (Å²) in [7, 11) is 0. The van der Waals surface area contributed by atoms with Crippen LogP contribution in [0.4, 0.5) is 0 Å². The maximum atomic E-state index is 12.0. The maximum Gasteiger partial charge on any atom is 0.350 e. The van der Waals surface area contributed by atoms with Crippen LogP contribution in [0.2, 0.25) is 0 Å². The number of benzene rings is 1. The van der Waals surface area contributed by atoms with E-state index in [4.69, 9.17) is 9.15 Å². The Morgan fingerprint density at radius 3 is 2.65 bits per heavy atom. The second-order valence-corrected chi connectivity index (χ2v) is 6.85. The molecule has 2 heterocycles. The molecule has 0 amide bonds. The summed E-state index contributed by atoms with van der Waals surface area (Å²) in [6.45, 7) is 3.55. The van der Waals surface area contributed by atoms with Gasteiger partial charge in [0.1, 0.15) is 4.88 Å². The minimum absolute atomic E-state index is 0.0707. The third-order valence-electron chi connectivity index (χ3n) is 2.97. The number of ether oxygens (including phenoxy) is 1. The first kappa shape index (κ1) is 15.8. The quantitative estimate of drug-likeness (QED) is 0.624. The Morgan fingerprint density at radius 2 is 2.00 bits per heavy atom. The number of aromatic nitrogens is 3. The van der Waals surface area contributed by atoms with Crippen LogP contribution in [0.15, 0.2) is 33.2 Å². The zero-order valence-electron chi connectivity index (χ0n) is 12.4. The van der Waals surface area contributed by atoms with Crippen molar-refractivity contribution in [1.29, 1.82) is 0 Å². The van der Waals surface area contributed by atoms with Gasteiger partial charge in [0.25, 0.3) is 5.89 Å². The van der Waals surface area contributed by atoms with Gasteiger partial charge < -0.3 is 9.15 Å². The lowest BCUT2D eigenvalue weighted by Gasteiger charge is -1.99. The van der Waals surface area contributed by atoms with E-state index in [0.29, 0.717) is 16.5 Å². The molecule has 0 unspecified atom stereocenters. The van der Waals surface area contributed by atoms with E-state index in [1.807, 2.05) is 31.2 Å². The standard InChI is InChI=1S/C15H12BrN3O3S/c1-8-13(23-9(2)17-8)15(20)21-7-12-18-19-14(22-12)10-3-5-11(16)6-4-10/h3-6H,7H2,1-2H3. The Hall–Kier alpha value is -2.06. The molecule has 0 aliphatic rings. The van der Waals surface area contributed by atoms with Crippen LogP contribution in [0.5, 0.6) is 0 Å². The number of rotatable bonds is 4. The normalized spacial score (nSPS) is 10.7. The summed E-state index contributed by atoms with van der Waals surface area (Å²) in [4.78, 5) is 16.7. The first-order valence-electron chi connectivity index (χ1n) is 6.72. The van der Waals surface area contributed by atoms with Gasteiger partial charge in [-0.2, -0.15) is 0 Å². The molecule has 0 fully saturated rings. The highest BCUT2D eigenvalue weighted by molar-refractivity contribution is 9.10. The molecule has 118 valence electrons. The molecule has 6 nitrogen and oxygen atoms in total. The summed E-state index contributed by atoms with van der Waals surface area (Å²) in [6.07, 6.45) is 0. The maximum absolute atomic E-state index is 12.0. The third kappa shape index (κ3) is 3.65. The molecule has 0 bridgehead atoms. The van der Waals surface area contributed by atoms with Gasteiger partial charge in [0.15, 0.2) is 6.61 Å². The van der Waals surface area contributed by atoms with Gasteiger partial charge in [-0.3, -0.25) is 0 Å². The van der Waals surface area contributed by atoms with Crippen LogP contribution < -0.4 is 0 Å². The molecule has 23 heavy (non-hydrogen) atoms. The van der Waals surface area contributed by atoms with Crippen LogP contribution >= 0.6 is 27.3 Å². The number of hydrogen-bond donors (Lipinski definition) is 0. The van der Waals surface area contributed by atoms with Gasteiger partial charge >= 0.3 is 5.97 Å². The van der Waals surface area contributed by atoms with Crippen molar-refractivity contribution in [3.8, 4) is 11.5 Å². The SMILES string of the molecule is Cc1nc(C)c(C(=O)OCc2nnc(-c3ccc(Br)cc3)o2)s1. The van der Waals surface area contributed by atoms with Gasteiger partial charge in [-0.25, -0.2) is 9.78 Å². The molecule has 0 spiro atoms. The molecule has 0 aliphatic carbocycles. The van der Waals surface area contributed by atoms with Crippen molar-refractivity contribution in [2.75, 3.05) is 0 Å². The minimum Gasteiger partial charge on any atom is -0.451 e. The topological polar surface area (TPSA) is 78.1 Å². The number of hydrogen-bond acceptors (Lipinski definition) is 7. The number of nitrogens with zero attached hydrogens (tertiary/aromatic N) is 3. The van der Waals surface area contributed by atoms with E-state index in [-0.39, 0.29) is 12.5 Å². The van der Waals surface area contributed by atoms with Crippen LogP contribution in [0.3, 0.4) is 0 Å². The Labute approximate surface area is 144 Å². The largest absolute Gasteiger partial charge is 0.451 e. The predicted molar refractivity (Wildman–Crippen MR) is 88.1 cm³/mol. The van der Waals surface area contributed by atoms with Gasteiger partial charge in [0.2, 0.25) is 5.89 Å². The summed E-state index contributed by atoms with van der Waals surface area (Å²) in [5.74, 6) is 0.194. The Bertz CT molecular complexity index is 842. The van der Waals surface area contributed by atoms with Gasteiger partial charge in [0, 0.05) is 10.0 Å². The van der Waals surface area contributed by atoms with Gasteiger partial charge in [0.05, 0.1) is 10.7 Å². The zero-order valence-corrected chi connectivity index (χ0v) is 14.8. The number of halogens is 1. The molecule has 3 aromatic rings. The summed E-state index contributed by atoms with van der Waals surface area (Å²) in [5.41, 5.74) is 1.46. The summed E-state index contributed by atoms with van der Waals surface area (Å²) >= 11 is 4.67. The van der Waals surface area contributed by atoms with Crippen LogP contribution in [0.1, 0.15) is 26.3 Å². The zero-order chi connectivity index (χ0) is 16.4. The Kier molecular flexibility index (Phi) is 4.53. The summed E-state index contributed by atoms with van der Waals surface area (Å²) in [5, 5.41) is 8.67. The second-order valence-electron chi connectivity index (χ2n) is 4.73. The average molecular weight is 394 g/mol. The van der Waals surface area contributed by atoms with E-state index < -0.39 is 5.97 Å². The molecular weight excluding hydrogens is 382 g/mol. The minimum atomic E-state index is -0.434. The van der Waals surface area contributed by atoms with E-state index in [9.17, 15) is 4.79 Å². The van der Waals surface area contributed by atoms with Crippen molar-refractivity contribution < 1.29 is 13.9 Å². The van der Waals surface area contributed by atoms with Crippen LogP contribution in [0.25, 0.3) is 11.5 Å². The lowest BCUT2D eigenvalue weighted by molar-refractivity contribution is 0.0443. The number of esters is 1. The number of carbonyl (C=O) groups is 1. The molecule has 0 saturated heterocycles. The van der Waals surface area contributed by atoms with E-state index >= 15 is 0 Å². The fourth-order valence-corrected chi connectivity index (χ4v) is 3.01. The highest BCUT2D eigenvalue weighted by Gasteiger charge is 2.17. The molecule has 0 aliphatic heterocycles. The van der Waals surface area contributed by atoms with Crippen molar-refractivity contribution in [2.45, 2.75) is 20.5 Å². The average Bonchev–Trinajstić information content (AvgIpc) is 3.12. The fourth-order valence-electron chi connectivity index (χ4n) is 1.93. The first-order chi connectivity index (χ1) is 11.0. The first-order valence-corrected chi connectivity index (χ1v) is 8.33. The molecule has 0 radical (unpaired) electrons. The number of carbonyl (C=O) groups excluding carboxylic acids is 1. The van der Waals surface area contributed by atoms with Gasteiger partial charge in [-0.05, 0) is 38.1 Å². The van der Waals surface area contributed by atoms with Crippen molar-refractivity contribution in [3.05, 3.63) is 50.2 Å². The lowest BCUT2D eigenvalue weighted by Crippen LogP contribution is -2.05. The fraction of sp³-hybridized carbons (Fsp3) is 0.200. The molecule has 0 N–H and O–H groups in total. The van der Waals surface area contributed by atoms with Gasteiger partial charge in [-0.1, -0.05) is 15.9 Å². The highest BCUT2D eigenvalue weighted by atomic mass is 79.9. The lowest BCUT2D eigenvalue weighted by atomic mass is 10.2. The van der Waals surface area contributed by atoms with E-state index in [0.717, 1.165) is 15.0 Å². The predicted octanol–water partition coefficient (Wildman–Crippen LogP) is 3.93. The van der Waals surface area contributed by atoms with Crippen molar-refractivity contribution in [3.63, 3.8) is 0 Å². The smallest absolute Gasteiger partial charge is 0.350 e. The number of thiazole rings is 1. The Balaban J connectivity index is 1.66. The Morgan fingerprint density at radius 1 is 1.26 bits per heavy atom. The molecule has 0 saturated carbocycles.